The van der Waals surface area contributed by atoms with Crippen molar-refractivity contribution < 1.29 is 28.9 Å². The molecule has 8 heteroatoms. The number of ether oxygens (including phenoxy) is 3. The van der Waals surface area contributed by atoms with Crippen molar-refractivity contribution in [3.05, 3.63) is 59.2 Å². The Balaban J connectivity index is 2.08. The Morgan fingerprint density at radius 2 is 1.75 bits per heavy atom. The number of aliphatic hydroxyl groups excluding tert-OH is 1. The fourth-order valence-corrected chi connectivity index (χ4v) is 4.32. The van der Waals surface area contributed by atoms with Crippen molar-refractivity contribution in [3.8, 4) is 17.2 Å². The number of amides is 1. The molecule has 1 atom stereocenters. The van der Waals surface area contributed by atoms with Gasteiger partial charge < -0.3 is 29.1 Å². The zero-order valence-electron chi connectivity index (χ0n) is 21.7. The second kappa shape index (κ2) is 12.4. The zero-order chi connectivity index (χ0) is 26.2. The Kier molecular flexibility index (Phi) is 9.36. The third kappa shape index (κ3) is 5.82. The Labute approximate surface area is 213 Å². The van der Waals surface area contributed by atoms with E-state index in [0.717, 1.165) is 19.4 Å². The predicted molar refractivity (Wildman–Crippen MR) is 139 cm³/mol. The SMILES string of the molecule is CCCCOc1ccc(C(O)=C2C(=O)C(=O)N(CCCN(C)C)[C@H]2c2cccc(OC)c2OC)cc1. The molecule has 0 bridgehead atoms. The summed E-state index contributed by atoms with van der Waals surface area (Å²) >= 11 is 0. The van der Waals surface area contributed by atoms with Crippen molar-refractivity contribution >= 4 is 17.4 Å². The van der Waals surface area contributed by atoms with Crippen LogP contribution in [0.5, 0.6) is 17.2 Å². The number of ketones is 1. The van der Waals surface area contributed by atoms with Crippen LogP contribution in [0.1, 0.15) is 43.4 Å². The van der Waals surface area contributed by atoms with Crippen molar-refractivity contribution in [2.75, 3.05) is 48.0 Å². The van der Waals surface area contributed by atoms with Crippen molar-refractivity contribution in [3.63, 3.8) is 0 Å². The Morgan fingerprint density at radius 1 is 1.03 bits per heavy atom. The predicted octanol–water partition coefficient (Wildman–Crippen LogP) is 4.26. The van der Waals surface area contributed by atoms with E-state index in [0.29, 0.717) is 47.9 Å². The quantitative estimate of drug-likeness (QED) is 0.203. The van der Waals surface area contributed by atoms with E-state index >= 15 is 0 Å². The molecule has 8 nitrogen and oxygen atoms in total. The van der Waals surface area contributed by atoms with Crippen molar-refractivity contribution in [1.82, 2.24) is 9.80 Å². The number of carbonyl (C=O) groups is 2. The van der Waals surface area contributed by atoms with E-state index in [1.54, 1.807) is 42.5 Å². The standard InChI is InChI=1S/C28H36N2O6/c1-6-7-18-36-20-14-12-19(13-15-20)25(31)23-24(21-10-8-11-22(34-4)27(21)35-5)30(28(33)26(23)32)17-9-16-29(2)3/h8,10-15,24,31H,6-7,9,16-18H2,1-5H3/t24-/m0/s1. The van der Waals surface area contributed by atoms with Crippen molar-refractivity contribution in [2.24, 2.45) is 0 Å². The summed E-state index contributed by atoms with van der Waals surface area (Å²) in [5, 5.41) is 11.3. The Morgan fingerprint density at radius 3 is 2.36 bits per heavy atom. The molecule has 194 valence electrons. The van der Waals surface area contributed by atoms with Gasteiger partial charge in [0.05, 0.1) is 32.4 Å². The minimum absolute atomic E-state index is 0.0241. The van der Waals surface area contributed by atoms with Gasteiger partial charge in [0.25, 0.3) is 11.7 Å². The van der Waals surface area contributed by atoms with Crippen molar-refractivity contribution in [2.45, 2.75) is 32.2 Å². The summed E-state index contributed by atoms with van der Waals surface area (Å²) in [6, 6.07) is 11.4. The molecular formula is C28H36N2O6. The molecule has 0 saturated carbocycles. The third-order valence-corrected chi connectivity index (χ3v) is 6.17. The van der Waals surface area contributed by atoms with Crippen LogP contribution in [0.2, 0.25) is 0 Å². The molecule has 1 N–H and O–H groups in total. The van der Waals surface area contributed by atoms with E-state index in [4.69, 9.17) is 14.2 Å². The van der Waals surface area contributed by atoms with Crippen LogP contribution in [0, 0.1) is 0 Å². The van der Waals surface area contributed by atoms with Crippen LogP contribution in [-0.4, -0.2) is 74.6 Å². The van der Waals surface area contributed by atoms with Gasteiger partial charge in [0.15, 0.2) is 11.5 Å². The molecule has 36 heavy (non-hydrogen) atoms. The van der Waals surface area contributed by atoms with Gasteiger partial charge in [-0.05, 0) is 63.8 Å². The lowest BCUT2D eigenvalue weighted by atomic mass is 9.94. The van der Waals surface area contributed by atoms with Gasteiger partial charge in [-0.15, -0.1) is 0 Å². The number of benzene rings is 2. The van der Waals surface area contributed by atoms with Gasteiger partial charge in [-0.3, -0.25) is 9.59 Å². The summed E-state index contributed by atoms with van der Waals surface area (Å²) in [5.74, 6) is -0.0497. The van der Waals surface area contributed by atoms with Crippen LogP contribution in [0.25, 0.3) is 5.76 Å². The highest BCUT2D eigenvalue weighted by atomic mass is 16.5. The van der Waals surface area contributed by atoms with E-state index < -0.39 is 17.7 Å². The fraction of sp³-hybridized carbons (Fsp3) is 0.429. The van der Waals surface area contributed by atoms with Gasteiger partial charge in [-0.2, -0.15) is 0 Å². The molecule has 3 rings (SSSR count). The van der Waals surface area contributed by atoms with Gasteiger partial charge in [-0.1, -0.05) is 25.5 Å². The molecule has 1 saturated heterocycles. The highest BCUT2D eigenvalue weighted by Crippen LogP contribution is 2.45. The zero-order valence-corrected chi connectivity index (χ0v) is 21.7. The number of para-hydroxylation sites is 1. The van der Waals surface area contributed by atoms with Crippen LogP contribution in [0.3, 0.4) is 0 Å². The van der Waals surface area contributed by atoms with Gasteiger partial charge in [-0.25, -0.2) is 0 Å². The smallest absolute Gasteiger partial charge is 0.295 e. The highest BCUT2D eigenvalue weighted by molar-refractivity contribution is 6.46. The number of hydrogen-bond acceptors (Lipinski definition) is 7. The number of Topliss-reactive ketones (excluding diaryl/α,β-unsaturated/α-hetero) is 1. The number of carbonyl (C=O) groups excluding carboxylic acids is 2. The van der Waals surface area contributed by atoms with E-state index in [9.17, 15) is 14.7 Å². The molecule has 2 aromatic rings. The lowest BCUT2D eigenvalue weighted by Gasteiger charge is -2.27. The summed E-state index contributed by atoms with van der Waals surface area (Å²) in [6.07, 6.45) is 2.63. The lowest BCUT2D eigenvalue weighted by molar-refractivity contribution is -0.140. The van der Waals surface area contributed by atoms with E-state index in [1.807, 2.05) is 19.0 Å². The van der Waals surface area contributed by atoms with Crippen LogP contribution < -0.4 is 14.2 Å². The number of nitrogens with zero attached hydrogens (tertiary/aromatic N) is 2. The molecule has 0 aromatic heterocycles. The Bertz CT molecular complexity index is 1090. The average Bonchev–Trinajstić information content (AvgIpc) is 3.13. The molecule has 1 fully saturated rings. The van der Waals surface area contributed by atoms with E-state index in [2.05, 4.69) is 6.92 Å². The minimum Gasteiger partial charge on any atom is -0.507 e. The number of hydrogen-bond donors (Lipinski definition) is 1. The van der Waals surface area contributed by atoms with Crippen LogP contribution in [0.15, 0.2) is 48.0 Å². The number of rotatable bonds is 12. The molecule has 1 amide bonds. The van der Waals surface area contributed by atoms with Gasteiger partial charge >= 0.3 is 0 Å². The van der Waals surface area contributed by atoms with Crippen LogP contribution >= 0.6 is 0 Å². The van der Waals surface area contributed by atoms with E-state index in [-0.39, 0.29) is 11.3 Å². The van der Waals surface area contributed by atoms with Gasteiger partial charge in [0, 0.05) is 17.7 Å². The lowest BCUT2D eigenvalue weighted by Crippen LogP contribution is -2.32. The first-order valence-corrected chi connectivity index (χ1v) is 12.2. The summed E-state index contributed by atoms with van der Waals surface area (Å²) in [4.78, 5) is 30.0. The maximum Gasteiger partial charge on any atom is 0.295 e. The second-order valence-electron chi connectivity index (χ2n) is 8.96. The molecule has 0 spiro atoms. The molecule has 1 aliphatic rings. The Hall–Kier alpha value is -3.52. The molecular weight excluding hydrogens is 460 g/mol. The third-order valence-electron chi connectivity index (χ3n) is 6.17. The number of likely N-dealkylation sites (tertiary alicyclic amines) is 1. The summed E-state index contributed by atoms with van der Waals surface area (Å²) < 4.78 is 16.8. The minimum atomic E-state index is -0.822. The molecule has 1 aliphatic heterocycles. The van der Waals surface area contributed by atoms with Gasteiger partial charge in [0.2, 0.25) is 0 Å². The number of aliphatic hydroxyl groups is 1. The first-order valence-electron chi connectivity index (χ1n) is 12.2. The van der Waals surface area contributed by atoms with Gasteiger partial charge in [0.1, 0.15) is 11.5 Å². The molecule has 0 aliphatic carbocycles. The summed E-state index contributed by atoms with van der Waals surface area (Å²) in [5.41, 5.74) is 1.02. The summed E-state index contributed by atoms with van der Waals surface area (Å²) in [6.45, 7) is 3.78. The number of unbranched alkanes of at least 4 members (excludes halogenated alkanes) is 1. The topological polar surface area (TPSA) is 88.5 Å². The molecule has 0 radical (unpaired) electrons. The normalized spacial score (nSPS) is 17.1. The maximum absolute atomic E-state index is 13.3. The number of methoxy groups -OCH3 is 2. The largest absolute Gasteiger partial charge is 0.507 e. The molecule has 2 aromatic carbocycles. The van der Waals surface area contributed by atoms with Crippen LogP contribution in [-0.2, 0) is 9.59 Å². The average molecular weight is 497 g/mol. The first-order chi connectivity index (χ1) is 17.3. The molecule has 1 heterocycles. The maximum atomic E-state index is 13.3. The van der Waals surface area contributed by atoms with E-state index in [1.165, 1.54) is 19.1 Å². The molecule has 0 unspecified atom stereocenters. The first kappa shape index (κ1) is 27.1. The second-order valence-corrected chi connectivity index (χ2v) is 8.96. The fourth-order valence-electron chi connectivity index (χ4n) is 4.32. The summed E-state index contributed by atoms with van der Waals surface area (Å²) in [7, 11) is 6.94. The van der Waals surface area contributed by atoms with Crippen LogP contribution in [0.4, 0.5) is 0 Å². The van der Waals surface area contributed by atoms with Crippen molar-refractivity contribution in [1.29, 1.82) is 0 Å². The monoisotopic (exact) mass is 496 g/mol. The highest BCUT2D eigenvalue weighted by Gasteiger charge is 2.47.